The Morgan fingerprint density at radius 2 is 1.85 bits per heavy atom. The summed E-state index contributed by atoms with van der Waals surface area (Å²) in [7, 11) is -0.212. The number of hydrogen-bond acceptors (Lipinski definition) is 5. The molecule has 1 aromatic carbocycles. The molecule has 1 N–H and O–H groups in total. The summed E-state index contributed by atoms with van der Waals surface area (Å²) in [5.41, 5.74) is 0.340. The number of rotatable bonds is 6. The van der Waals surface area contributed by atoms with Crippen molar-refractivity contribution in [2.45, 2.75) is 11.8 Å². The molecule has 0 aromatic heterocycles. The lowest BCUT2D eigenvalue weighted by Gasteiger charge is -2.33. The molecule has 26 heavy (non-hydrogen) atoms. The van der Waals surface area contributed by atoms with Gasteiger partial charge in [0.15, 0.2) is 0 Å². The molecular formula is C17H26N4O4S. The van der Waals surface area contributed by atoms with E-state index in [1.165, 1.54) is 23.4 Å². The van der Waals surface area contributed by atoms with Gasteiger partial charge >= 0.3 is 0 Å². The summed E-state index contributed by atoms with van der Waals surface area (Å²) in [6.45, 7) is 3.91. The van der Waals surface area contributed by atoms with Crippen LogP contribution in [0.2, 0.25) is 0 Å². The fourth-order valence-corrected chi connectivity index (χ4v) is 4.25. The van der Waals surface area contributed by atoms with Crippen LogP contribution >= 0.6 is 0 Å². The van der Waals surface area contributed by atoms with Crippen LogP contribution in [0.1, 0.15) is 17.3 Å². The first-order chi connectivity index (χ1) is 12.3. The van der Waals surface area contributed by atoms with Gasteiger partial charge in [0.2, 0.25) is 15.9 Å². The highest BCUT2D eigenvalue weighted by Crippen LogP contribution is 2.19. The molecule has 0 radical (unpaired) electrons. The van der Waals surface area contributed by atoms with E-state index in [4.69, 9.17) is 0 Å². The van der Waals surface area contributed by atoms with Gasteiger partial charge in [0.1, 0.15) is 0 Å². The predicted molar refractivity (Wildman–Crippen MR) is 98.3 cm³/mol. The molecule has 0 aliphatic carbocycles. The lowest BCUT2D eigenvalue weighted by Crippen LogP contribution is -2.49. The molecule has 144 valence electrons. The van der Waals surface area contributed by atoms with E-state index < -0.39 is 10.0 Å². The van der Waals surface area contributed by atoms with E-state index in [-0.39, 0.29) is 29.8 Å². The van der Waals surface area contributed by atoms with E-state index in [1.807, 2.05) is 0 Å². The molecule has 0 atom stereocenters. The maximum atomic E-state index is 12.9. The van der Waals surface area contributed by atoms with Gasteiger partial charge in [0, 0.05) is 58.8 Å². The van der Waals surface area contributed by atoms with E-state index in [0.29, 0.717) is 31.7 Å². The van der Waals surface area contributed by atoms with Crippen LogP contribution in [0, 0.1) is 0 Å². The average molecular weight is 382 g/mol. The third-order valence-corrected chi connectivity index (χ3v) is 6.34. The third-order valence-electron chi connectivity index (χ3n) is 4.45. The number of hydrogen-bond donors (Lipinski definition) is 1. The number of amides is 2. The summed E-state index contributed by atoms with van der Waals surface area (Å²) in [5, 5.41) is 2.97. The fraction of sp³-hybridized carbons (Fsp3) is 0.529. The van der Waals surface area contributed by atoms with Crippen LogP contribution in [0.4, 0.5) is 0 Å². The van der Waals surface area contributed by atoms with Gasteiger partial charge in [-0.2, -0.15) is 4.31 Å². The largest absolute Gasteiger partial charge is 0.340 e. The number of carbonyl (C=O) groups excluding carboxylic acids is 2. The first-order valence-corrected chi connectivity index (χ1v) is 9.97. The first kappa shape index (κ1) is 20.3. The Morgan fingerprint density at radius 1 is 1.19 bits per heavy atom. The molecule has 1 aromatic rings. The molecule has 1 fully saturated rings. The topological polar surface area (TPSA) is 90.0 Å². The van der Waals surface area contributed by atoms with Crippen LogP contribution in [0.25, 0.3) is 0 Å². The molecule has 1 heterocycles. The van der Waals surface area contributed by atoms with Gasteiger partial charge in [-0.05, 0) is 25.2 Å². The van der Waals surface area contributed by atoms with Crippen molar-refractivity contribution in [3.63, 3.8) is 0 Å². The fourth-order valence-electron chi connectivity index (χ4n) is 2.78. The van der Waals surface area contributed by atoms with Crippen LogP contribution in [0.15, 0.2) is 29.2 Å². The highest BCUT2D eigenvalue weighted by molar-refractivity contribution is 7.89. The molecule has 0 saturated carbocycles. The first-order valence-electron chi connectivity index (χ1n) is 8.53. The molecule has 0 spiro atoms. The van der Waals surface area contributed by atoms with Gasteiger partial charge in [-0.15, -0.1) is 0 Å². The van der Waals surface area contributed by atoms with Gasteiger partial charge < -0.3 is 15.1 Å². The van der Waals surface area contributed by atoms with Crippen LogP contribution in [0.5, 0.6) is 0 Å². The Morgan fingerprint density at radius 3 is 2.42 bits per heavy atom. The van der Waals surface area contributed by atoms with E-state index in [2.05, 4.69) is 5.32 Å². The second kappa shape index (κ2) is 8.61. The summed E-state index contributed by atoms with van der Waals surface area (Å²) in [6.07, 6.45) is 0. The summed E-state index contributed by atoms with van der Waals surface area (Å²) in [6, 6.07) is 6.12. The van der Waals surface area contributed by atoms with Crippen LogP contribution in [-0.4, -0.2) is 87.7 Å². The number of carbonyl (C=O) groups is 2. The average Bonchev–Trinajstić information content (AvgIpc) is 2.65. The van der Waals surface area contributed by atoms with Crippen molar-refractivity contribution in [1.82, 2.24) is 19.4 Å². The SMILES string of the molecule is CNCCN(C)C(=O)c1cccc(S(=O)(=O)N2CCN(C(C)=O)CC2)c1. The standard InChI is InChI=1S/C17H26N4O4S/c1-14(22)20-9-11-21(12-10-20)26(24,25)16-6-4-5-15(13-16)17(23)19(3)8-7-18-2/h4-6,13,18H,7-12H2,1-3H3. The zero-order valence-electron chi connectivity index (χ0n) is 15.4. The molecule has 9 heteroatoms. The molecule has 2 rings (SSSR count). The Kier molecular flexibility index (Phi) is 6.74. The second-order valence-electron chi connectivity index (χ2n) is 6.27. The van der Waals surface area contributed by atoms with Crippen molar-refractivity contribution in [2.24, 2.45) is 0 Å². The maximum absolute atomic E-state index is 12.9. The molecule has 1 saturated heterocycles. The van der Waals surface area contributed by atoms with Crippen molar-refractivity contribution in [3.8, 4) is 0 Å². The van der Waals surface area contributed by atoms with E-state index in [1.54, 1.807) is 36.0 Å². The highest BCUT2D eigenvalue weighted by Gasteiger charge is 2.29. The summed E-state index contributed by atoms with van der Waals surface area (Å²) in [5.74, 6) is -0.280. The zero-order chi connectivity index (χ0) is 19.3. The van der Waals surface area contributed by atoms with Gasteiger partial charge in [-0.3, -0.25) is 9.59 Å². The van der Waals surface area contributed by atoms with Crippen LogP contribution < -0.4 is 5.32 Å². The third kappa shape index (κ3) is 4.60. The molecule has 2 amide bonds. The van der Waals surface area contributed by atoms with E-state index in [9.17, 15) is 18.0 Å². The number of piperazine rings is 1. The smallest absolute Gasteiger partial charge is 0.253 e. The van der Waals surface area contributed by atoms with Gasteiger partial charge in [0.05, 0.1) is 4.90 Å². The second-order valence-corrected chi connectivity index (χ2v) is 8.21. The van der Waals surface area contributed by atoms with Crippen LogP contribution in [-0.2, 0) is 14.8 Å². The highest BCUT2D eigenvalue weighted by atomic mass is 32.2. The van der Waals surface area contributed by atoms with Crippen molar-refractivity contribution < 1.29 is 18.0 Å². The maximum Gasteiger partial charge on any atom is 0.253 e. The monoisotopic (exact) mass is 382 g/mol. The predicted octanol–water partition coefficient (Wildman–Crippen LogP) is -0.169. The number of nitrogens with zero attached hydrogens (tertiary/aromatic N) is 3. The molecule has 1 aliphatic heterocycles. The quantitative estimate of drug-likeness (QED) is 0.738. The number of benzene rings is 1. The zero-order valence-corrected chi connectivity index (χ0v) is 16.3. The van der Waals surface area contributed by atoms with Crippen molar-refractivity contribution in [2.75, 3.05) is 53.4 Å². The van der Waals surface area contributed by atoms with E-state index in [0.717, 1.165) is 0 Å². The minimum absolute atomic E-state index is 0.0563. The Labute approximate surface area is 154 Å². The molecule has 8 nitrogen and oxygen atoms in total. The summed E-state index contributed by atoms with van der Waals surface area (Å²) in [4.78, 5) is 27.1. The van der Waals surface area contributed by atoms with Gasteiger partial charge in [-0.25, -0.2) is 8.42 Å². The number of sulfonamides is 1. The Bertz CT molecular complexity index is 758. The Hall–Kier alpha value is -1.97. The van der Waals surface area contributed by atoms with Gasteiger partial charge in [0.25, 0.3) is 5.91 Å². The lowest BCUT2D eigenvalue weighted by atomic mass is 10.2. The van der Waals surface area contributed by atoms with Crippen molar-refractivity contribution in [3.05, 3.63) is 29.8 Å². The Balaban J connectivity index is 2.16. The lowest BCUT2D eigenvalue weighted by molar-refractivity contribution is -0.129. The van der Waals surface area contributed by atoms with Crippen molar-refractivity contribution in [1.29, 1.82) is 0 Å². The molecular weight excluding hydrogens is 356 g/mol. The van der Waals surface area contributed by atoms with E-state index >= 15 is 0 Å². The minimum Gasteiger partial charge on any atom is -0.340 e. The van der Waals surface area contributed by atoms with Crippen molar-refractivity contribution >= 4 is 21.8 Å². The molecule has 1 aliphatic rings. The summed E-state index contributed by atoms with van der Waals surface area (Å²) < 4.78 is 27.1. The number of nitrogens with one attached hydrogen (secondary N) is 1. The van der Waals surface area contributed by atoms with Crippen LogP contribution in [0.3, 0.4) is 0 Å². The number of likely N-dealkylation sites (N-methyl/N-ethyl adjacent to an activating group) is 2. The molecule has 0 bridgehead atoms. The summed E-state index contributed by atoms with van der Waals surface area (Å²) >= 11 is 0. The minimum atomic E-state index is -3.70. The normalized spacial score (nSPS) is 15.7. The van der Waals surface area contributed by atoms with Gasteiger partial charge in [-0.1, -0.05) is 6.07 Å². The molecule has 0 unspecified atom stereocenters.